The van der Waals surface area contributed by atoms with Crippen molar-refractivity contribution in [2.45, 2.75) is 90.8 Å². The Morgan fingerprint density at radius 1 is 1.18 bits per heavy atom. The molecule has 28 heavy (non-hydrogen) atoms. The molecule has 4 heteroatoms. The molecule has 0 spiro atoms. The van der Waals surface area contributed by atoms with Gasteiger partial charge in [-0.1, -0.05) is 32.4 Å². The number of aliphatic hydroxyl groups is 2. The van der Waals surface area contributed by atoms with Crippen molar-refractivity contribution in [2.75, 3.05) is 0 Å². The molecule has 158 valence electrons. The van der Waals surface area contributed by atoms with Crippen LogP contribution in [0.1, 0.15) is 78.6 Å². The van der Waals surface area contributed by atoms with Crippen LogP contribution in [0.5, 0.6) is 0 Å². The summed E-state index contributed by atoms with van der Waals surface area (Å²) in [5.74, 6) is 1.42. The van der Waals surface area contributed by atoms with E-state index in [4.69, 9.17) is 5.11 Å². The van der Waals surface area contributed by atoms with E-state index in [1.165, 1.54) is 0 Å². The fourth-order valence-corrected chi connectivity index (χ4v) is 7.97. The summed E-state index contributed by atoms with van der Waals surface area (Å²) < 4.78 is 0. The molecule has 4 aliphatic carbocycles. The maximum absolute atomic E-state index is 11.4. The summed E-state index contributed by atoms with van der Waals surface area (Å²) in [6.45, 7) is 6.89. The van der Waals surface area contributed by atoms with Gasteiger partial charge in [-0.05, 0) is 86.4 Å². The van der Waals surface area contributed by atoms with Gasteiger partial charge in [0.05, 0.1) is 12.2 Å². The molecule has 0 radical (unpaired) electrons. The highest BCUT2D eigenvalue weighted by molar-refractivity contribution is 5.66. The molecule has 0 bridgehead atoms. The second kappa shape index (κ2) is 7.12. The monoisotopic (exact) mass is 390 g/mol. The molecule has 0 saturated heterocycles. The molecular formula is C24H38O4. The van der Waals surface area contributed by atoms with Gasteiger partial charge in [0, 0.05) is 11.8 Å². The van der Waals surface area contributed by atoms with E-state index >= 15 is 0 Å². The molecule has 0 amide bonds. The molecule has 0 unspecified atom stereocenters. The fourth-order valence-electron chi connectivity index (χ4n) is 7.97. The Labute approximate surface area is 169 Å². The zero-order valence-electron chi connectivity index (χ0n) is 17.7. The molecule has 0 aromatic rings. The minimum Gasteiger partial charge on any atom is -0.481 e. The van der Waals surface area contributed by atoms with Crippen molar-refractivity contribution in [3.63, 3.8) is 0 Å². The lowest BCUT2D eigenvalue weighted by molar-refractivity contribution is -0.137. The van der Waals surface area contributed by atoms with Crippen molar-refractivity contribution < 1.29 is 20.1 Å². The molecule has 9 atom stereocenters. The average Bonchev–Trinajstić information content (AvgIpc) is 3.00. The second-order valence-corrected chi connectivity index (χ2v) is 10.9. The van der Waals surface area contributed by atoms with Crippen LogP contribution < -0.4 is 0 Å². The Balaban J connectivity index is 1.61. The summed E-state index contributed by atoms with van der Waals surface area (Å²) in [6.07, 6.45) is 9.93. The van der Waals surface area contributed by atoms with Gasteiger partial charge in [-0.2, -0.15) is 0 Å². The van der Waals surface area contributed by atoms with E-state index in [0.717, 1.165) is 44.9 Å². The minimum absolute atomic E-state index is 0.127. The maximum atomic E-state index is 11.4. The van der Waals surface area contributed by atoms with Gasteiger partial charge in [0.25, 0.3) is 0 Å². The van der Waals surface area contributed by atoms with Crippen LogP contribution in [0.2, 0.25) is 0 Å². The summed E-state index contributed by atoms with van der Waals surface area (Å²) in [5.41, 5.74) is 1.67. The molecule has 3 saturated carbocycles. The number of rotatable bonds is 4. The minimum atomic E-state index is -0.718. The van der Waals surface area contributed by atoms with Gasteiger partial charge in [0.2, 0.25) is 0 Å². The highest BCUT2D eigenvalue weighted by Gasteiger charge is 2.61. The zero-order valence-corrected chi connectivity index (χ0v) is 17.7. The Morgan fingerprint density at radius 2 is 1.93 bits per heavy atom. The van der Waals surface area contributed by atoms with Crippen molar-refractivity contribution in [1.82, 2.24) is 0 Å². The first-order chi connectivity index (χ1) is 13.2. The molecule has 0 aliphatic heterocycles. The van der Waals surface area contributed by atoms with Gasteiger partial charge in [-0.15, -0.1) is 0 Å². The molecule has 0 aromatic heterocycles. The van der Waals surface area contributed by atoms with E-state index in [9.17, 15) is 15.0 Å². The average molecular weight is 391 g/mol. The highest BCUT2D eigenvalue weighted by Crippen LogP contribution is 2.66. The predicted octanol–water partition coefficient (Wildman–Crippen LogP) is 4.40. The Kier molecular flexibility index (Phi) is 5.19. The largest absolute Gasteiger partial charge is 0.481 e. The summed E-state index contributed by atoms with van der Waals surface area (Å²) in [4.78, 5) is 11.0. The normalized spacial score (nSPS) is 48.8. The summed E-state index contributed by atoms with van der Waals surface area (Å²) in [7, 11) is 0. The standard InChI is InChI=1S/C24H38O4/c1-14(4-9-22(27)28)18-7-8-19-17-6-5-15-12-16(25)10-11-23(15,2)20(17)13-21(26)24(18,19)3/h6,14-16,18-21,25-26H,4-5,7-13H2,1-3H3,(H,27,28)/t14-,15+,16+,18+,19-,20-,21-,23-,24+/m0/s1. The number of aliphatic hydroxyl groups excluding tert-OH is 2. The first-order valence-corrected chi connectivity index (χ1v) is 11.5. The van der Waals surface area contributed by atoms with Crippen molar-refractivity contribution in [1.29, 1.82) is 0 Å². The summed E-state index contributed by atoms with van der Waals surface area (Å²) in [6, 6.07) is 0. The van der Waals surface area contributed by atoms with Crippen molar-refractivity contribution in [2.24, 2.45) is 40.4 Å². The lowest BCUT2D eigenvalue weighted by Crippen LogP contribution is -2.55. The van der Waals surface area contributed by atoms with Gasteiger partial charge >= 0.3 is 5.97 Å². The third kappa shape index (κ3) is 2.98. The molecule has 0 aromatic carbocycles. The lowest BCUT2D eigenvalue weighted by Gasteiger charge is -2.59. The van der Waals surface area contributed by atoms with Gasteiger partial charge in [-0.25, -0.2) is 0 Å². The molecule has 3 fully saturated rings. The molecular weight excluding hydrogens is 352 g/mol. The number of carboxylic acid groups (broad SMARTS) is 1. The van der Waals surface area contributed by atoms with Crippen molar-refractivity contribution >= 4 is 5.97 Å². The molecule has 0 heterocycles. The summed E-state index contributed by atoms with van der Waals surface area (Å²) in [5, 5.41) is 30.7. The summed E-state index contributed by atoms with van der Waals surface area (Å²) >= 11 is 0. The number of hydrogen-bond acceptors (Lipinski definition) is 3. The van der Waals surface area contributed by atoms with E-state index in [-0.39, 0.29) is 29.5 Å². The van der Waals surface area contributed by atoms with E-state index < -0.39 is 5.97 Å². The van der Waals surface area contributed by atoms with Crippen LogP contribution in [0.15, 0.2) is 11.6 Å². The number of carbonyl (C=O) groups is 1. The zero-order chi connectivity index (χ0) is 20.3. The molecule has 4 rings (SSSR count). The Hall–Kier alpha value is -0.870. The third-order valence-corrected chi connectivity index (χ3v) is 9.74. The van der Waals surface area contributed by atoms with Crippen LogP contribution in [0.4, 0.5) is 0 Å². The van der Waals surface area contributed by atoms with Crippen LogP contribution in [0.25, 0.3) is 0 Å². The SMILES string of the molecule is C[C@@H](CCC(=O)O)[C@H]1CC[C@H]2C3=CC[C@@H]4C[C@H](O)CC[C@]4(C)[C@H]3C[C@H](O)[C@]12C. The van der Waals surface area contributed by atoms with E-state index in [2.05, 4.69) is 26.8 Å². The van der Waals surface area contributed by atoms with Gasteiger partial charge in [0.15, 0.2) is 0 Å². The number of aliphatic carboxylic acids is 1. The lowest BCUT2D eigenvalue weighted by atomic mass is 9.47. The van der Waals surface area contributed by atoms with Crippen LogP contribution in [-0.4, -0.2) is 33.5 Å². The van der Waals surface area contributed by atoms with Crippen LogP contribution in [0, 0.1) is 40.4 Å². The number of allylic oxidation sites excluding steroid dienone is 2. The smallest absolute Gasteiger partial charge is 0.303 e. The van der Waals surface area contributed by atoms with Gasteiger partial charge < -0.3 is 15.3 Å². The maximum Gasteiger partial charge on any atom is 0.303 e. The first kappa shape index (κ1) is 20.4. The Bertz CT molecular complexity index is 657. The Morgan fingerprint density at radius 3 is 2.64 bits per heavy atom. The molecule has 3 N–H and O–H groups in total. The number of carboxylic acids is 1. The van der Waals surface area contributed by atoms with Crippen molar-refractivity contribution in [3.8, 4) is 0 Å². The highest BCUT2D eigenvalue weighted by atomic mass is 16.4. The fraction of sp³-hybridized carbons (Fsp3) is 0.875. The molecule has 4 nitrogen and oxygen atoms in total. The number of hydrogen-bond donors (Lipinski definition) is 3. The predicted molar refractivity (Wildman–Crippen MR) is 109 cm³/mol. The van der Waals surface area contributed by atoms with E-state index in [0.29, 0.717) is 36.0 Å². The molecule has 4 aliphatic rings. The van der Waals surface area contributed by atoms with E-state index in [1.807, 2.05) is 0 Å². The van der Waals surface area contributed by atoms with Crippen LogP contribution in [-0.2, 0) is 4.79 Å². The topological polar surface area (TPSA) is 77.8 Å². The number of fused-ring (bicyclic) bond motifs is 5. The van der Waals surface area contributed by atoms with Gasteiger partial charge in [-0.3, -0.25) is 4.79 Å². The third-order valence-electron chi connectivity index (χ3n) is 9.74. The first-order valence-electron chi connectivity index (χ1n) is 11.5. The van der Waals surface area contributed by atoms with Crippen LogP contribution >= 0.6 is 0 Å². The quantitative estimate of drug-likeness (QED) is 0.622. The second-order valence-electron chi connectivity index (χ2n) is 10.9. The van der Waals surface area contributed by atoms with E-state index in [1.54, 1.807) is 5.57 Å². The van der Waals surface area contributed by atoms with Crippen LogP contribution in [0.3, 0.4) is 0 Å². The van der Waals surface area contributed by atoms with Gasteiger partial charge in [0.1, 0.15) is 0 Å². The van der Waals surface area contributed by atoms with Crippen molar-refractivity contribution in [3.05, 3.63) is 11.6 Å².